The smallest absolute Gasteiger partial charge is 0.262 e. The molecular weight excluding hydrogens is 247 g/mol. The summed E-state index contributed by atoms with van der Waals surface area (Å²) in [6, 6.07) is 4.97. The molecule has 0 aromatic heterocycles. The quantitative estimate of drug-likeness (QED) is 0.645. The number of carbonyl (C=O) groups excluding carboxylic acids is 1. The van der Waals surface area contributed by atoms with E-state index in [0.29, 0.717) is 15.7 Å². The second-order valence-corrected chi connectivity index (χ2v) is 4.30. The number of benzene rings is 1. The summed E-state index contributed by atoms with van der Waals surface area (Å²) in [5.74, 6) is -0.231. The molecule has 0 saturated heterocycles. The Morgan fingerprint density at radius 2 is 2.00 bits per heavy atom. The summed E-state index contributed by atoms with van der Waals surface area (Å²) >= 11 is 11.6. The van der Waals surface area contributed by atoms with Crippen LogP contribution in [-0.4, -0.2) is 5.91 Å². The zero-order chi connectivity index (χ0) is 12.1. The highest BCUT2D eigenvalue weighted by molar-refractivity contribution is 6.36. The van der Waals surface area contributed by atoms with Crippen molar-refractivity contribution < 1.29 is 4.79 Å². The second-order valence-electron chi connectivity index (χ2n) is 3.46. The van der Waals surface area contributed by atoms with Gasteiger partial charge in [-0.15, -0.1) is 0 Å². The molecule has 0 aliphatic rings. The number of anilines is 1. The van der Waals surface area contributed by atoms with Crippen molar-refractivity contribution in [3.05, 3.63) is 39.9 Å². The third kappa shape index (κ3) is 4.13. The number of halogens is 2. The molecule has 0 aliphatic carbocycles. The molecule has 1 amide bonds. The zero-order valence-electron chi connectivity index (χ0n) is 8.97. The molecule has 16 heavy (non-hydrogen) atoms. The highest BCUT2D eigenvalue weighted by Crippen LogP contribution is 2.24. The number of amides is 1. The van der Waals surface area contributed by atoms with E-state index in [1.807, 2.05) is 13.8 Å². The predicted molar refractivity (Wildman–Crippen MR) is 67.7 cm³/mol. The molecule has 5 heteroatoms. The van der Waals surface area contributed by atoms with Gasteiger partial charge in [0.2, 0.25) is 0 Å². The van der Waals surface area contributed by atoms with Gasteiger partial charge in [-0.05, 0) is 32.0 Å². The van der Waals surface area contributed by atoms with Gasteiger partial charge in [-0.25, -0.2) is 0 Å². The van der Waals surface area contributed by atoms with Crippen LogP contribution >= 0.6 is 23.2 Å². The maximum atomic E-state index is 11.3. The maximum Gasteiger partial charge on any atom is 0.262 e. The monoisotopic (exact) mass is 258 g/mol. The number of carbonyl (C=O) groups is 1. The van der Waals surface area contributed by atoms with Crippen LogP contribution in [0.2, 0.25) is 10.0 Å². The van der Waals surface area contributed by atoms with Crippen LogP contribution in [0.5, 0.6) is 0 Å². The molecule has 0 fully saturated rings. The lowest BCUT2D eigenvalue weighted by molar-refractivity contribution is -0.116. The molecule has 2 N–H and O–H groups in total. The van der Waals surface area contributed by atoms with Gasteiger partial charge in [0.25, 0.3) is 5.91 Å². The van der Waals surface area contributed by atoms with Crippen molar-refractivity contribution in [1.29, 1.82) is 0 Å². The predicted octanol–water partition coefficient (Wildman–Crippen LogP) is 3.40. The molecule has 0 spiro atoms. The molecule has 0 aliphatic heterocycles. The summed E-state index contributed by atoms with van der Waals surface area (Å²) in [6.45, 7) is 3.68. The van der Waals surface area contributed by atoms with Crippen LogP contribution in [0, 0.1) is 0 Å². The first-order valence-electron chi connectivity index (χ1n) is 4.65. The zero-order valence-corrected chi connectivity index (χ0v) is 10.5. The van der Waals surface area contributed by atoms with Crippen LogP contribution in [0.1, 0.15) is 13.8 Å². The summed E-state index contributed by atoms with van der Waals surface area (Å²) in [6.07, 6.45) is 1.48. The van der Waals surface area contributed by atoms with E-state index in [9.17, 15) is 4.79 Å². The van der Waals surface area contributed by atoms with Gasteiger partial charge < -0.3 is 0 Å². The molecule has 1 aromatic carbocycles. The van der Waals surface area contributed by atoms with E-state index >= 15 is 0 Å². The van der Waals surface area contributed by atoms with Gasteiger partial charge in [-0.2, -0.15) is 0 Å². The molecule has 0 radical (unpaired) electrons. The van der Waals surface area contributed by atoms with Crippen LogP contribution in [0.4, 0.5) is 5.69 Å². The van der Waals surface area contributed by atoms with Crippen LogP contribution in [0.15, 0.2) is 29.8 Å². The van der Waals surface area contributed by atoms with E-state index < -0.39 is 0 Å². The molecule has 1 aromatic rings. The SMILES string of the molecule is CC(C)=CC(=O)NNc1ccc(Cl)cc1Cl. The van der Waals surface area contributed by atoms with E-state index in [1.165, 1.54) is 6.08 Å². The fourth-order valence-electron chi connectivity index (χ4n) is 1.02. The normalized spacial score (nSPS) is 9.50. The molecule has 0 heterocycles. The van der Waals surface area contributed by atoms with Crippen molar-refractivity contribution in [2.24, 2.45) is 0 Å². The fourth-order valence-corrected chi connectivity index (χ4v) is 1.47. The molecule has 0 bridgehead atoms. The van der Waals surface area contributed by atoms with E-state index in [-0.39, 0.29) is 5.91 Å². The minimum absolute atomic E-state index is 0.231. The maximum absolute atomic E-state index is 11.3. The first-order chi connectivity index (χ1) is 7.49. The minimum Gasteiger partial charge on any atom is -0.297 e. The summed E-state index contributed by atoms with van der Waals surface area (Å²) in [7, 11) is 0. The highest BCUT2D eigenvalue weighted by atomic mass is 35.5. The van der Waals surface area contributed by atoms with Gasteiger partial charge in [0.15, 0.2) is 0 Å². The largest absolute Gasteiger partial charge is 0.297 e. The Bertz CT molecular complexity index is 426. The molecular formula is C11H12Cl2N2O. The Labute approximate surface area is 104 Å². The van der Waals surface area contributed by atoms with E-state index in [0.717, 1.165) is 5.57 Å². The average Bonchev–Trinajstić information content (AvgIpc) is 2.15. The minimum atomic E-state index is -0.231. The molecule has 0 unspecified atom stereocenters. The summed E-state index contributed by atoms with van der Waals surface area (Å²) in [4.78, 5) is 11.3. The second kappa shape index (κ2) is 5.77. The molecule has 86 valence electrons. The lowest BCUT2D eigenvalue weighted by atomic mass is 10.3. The number of hydrogen-bond acceptors (Lipinski definition) is 2. The Balaban J connectivity index is 2.62. The number of nitrogens with one attached hydrogen (secondary N) is 2. The van der Waals surface area contributed by atoms with Gasteiger partial charge in [0, 0.05) is 11.1 Å². The van der Waals surface area contributed by atoms with Crippen LogP contribution in [-0.2, 0) is 4.79 Å². The van der Waals surface area contributed by atoms with Gasteiger partial charge in [-0.1, -0.05) is 28.8 Å². The van der Waals surface area contributed by atoms with E-state index in [2.05, 4.69) is 10.9 Å². The fraction of sp³-hybridized carbons (Fsp3) is 0.182. The van der Waals surface area contributed by atoms with Crippen LogP contribution < -0.4 is 10.9 Å². The van der Waals surface area contributed by atoms with Gasteiger partial charge in [0.1, 0.15) is 0 Å². The summed E-state index contributed by atoms with van der Waals surface area (Å²) < 4.78 is 0. The lowest BCUT2D eigenvalue weighted by Crippen LogP contribution is -2.27. The number of rotatable bonds is 3. The number of hydrazine groups is 1. The van der Waals surface area contributed by atoms with E-state index in [4.69, 9.17) is 23.2 Å². The lowest BCUT2D eigenvalue weighted by Gasteiger charge is -2.08. The molecule has 0 saturated carbocycles. The Hall–Kier alpha value is -1.19. The van der Waals surface area contributed by atoms with Gasteiger partial charge in [-0.3, -0.25) is 15.6 Å². The Morgan fingerprint density at radius 1 is 1.31 bits per heavy atom. The molecule has 1 rings (SSSR count). The summed E-state index contributed by atoms with van der Waals surface area (Å²) in [5, 5.41) is 0.996. The highest BCUT2D eigenvalue weighted by Gasteiger charge is 2.01. The van der Waals surface area contributed by atoms with Crippen molar-refractivity contribution in [2.45, 2.75) is 13.8 Å². The third-order valence-electron chi connectivity index (χ3n) is 1.67. The molecule has 0 atom stereocenters. The first-order valence-corrected chi connectivity index (χ1v) is 5.40. The van der Waals surface area contributed by atoms with Crippen molar-refractivity contribution in [1.82, 2.24) is 5.43 Å². The molecule has 3 nitrogen and oxygen atoms in total. The Morgan fingerprint density at radius 3 is 2.56 bits per heavy atom. The average molecular weight is 259 g/mol. The van der Waals surface area contributed by atoms with Crippen molar-refractivity contribution in [2.75, 3.05) is 5.43 Å². The third-order valence-corrected chi connectivity index (χ3v) is 2.22. The van der Waals surface area contributed by atoms with Crippen LogP contribution in [0.3, 0.4) is 0 Å². The van der Waals surface area contributed by atoms with Crippen molar-refractivity contribution >= 4 is 34.8 Å². The van der Waals surface area contributed by atoms with Crippen LogP contribution in [0.25, 0.3) is 0 Å². The Kier molecular flexibility index (Phi) is 4.65. The number of allylic oxidation sites excluding steroid dienone is 1. The van der Waals surface area contributed by atoms with E-state index in [1.54, 1.807) is 18.2 Å². The topological polar surface area (TPSA) is 41.1 Å². The summed E-state index contributed by atoms with van der Waals surface area (Å²) in [5.41, 5.74) is 6.73. The van der Waals surface area contributed by atoms with Crippen molar-refractivity contribution in [3.63, 3.8) is 0 Å². The standard InChI is InChI=1S/C11H12Cl2N2O/c1-7(2)5-11(16)15-14-10-4-3-8(12)6-9(10)13/h3-6,14H,1-2H3,(H,15,16). The first kappa shape index (κ1) is 12.9. The van der Waals surface area contributed by atoms with Crippen molar-refractivity contribution in [3.8, 4) is 0 Å². The van der Waals surface area contributed by atoms with Gasteiger partial charge in [0.05, 0.1) is 10.7 Å². The number of hydrogen-bond donors (Lipinski definition) is 2. The van der Waals surface area contributed by atoms with Gasteiger partial charge >= 0.3 is 0 Å².